The van der Waals surface area contributed by atoms with Crippen molar-refractivity contribution in [3.05, 3.63) is 53.6 Å². The number of carbonyl (C=O) groups excluding carboxylic acids is 2. The zero-order valence-electron chi connectivity index (χ0n) is 16.8. The summed E-state index contributed by atoms with van der Waals surface area (Å²) in [6.07, 6.45) is 1.20. The Bertz CT molecular complexity index is 855. The van der Waals surface area contributed by atoms with Crippen molar-refractivity contribution in [2.24, 2.45) is 0 Å². The quantitative estimate of drug-likeness (QED) is 0.638. The number of nitrogens with one attached hydrogen (secondary N) is 3. The third-order valence-electron chi connectivity index (χ3n) is 4.52. The third kappa shape index (κ3) is 5.88. The fourth-order valence-corrected chi connectivity index (χ4v) is 3.18. The second-order valence-electron chi connectivity index (χ2n) is 6.91. The average molecular weight is 397 g/mol. The molecule has 0 aromatic heterocycles. The maximum Gasteiger partial charge on any atom is 0.319 e. The van der Waals surface area contributed by atoms with E-state index in [2.05, 4.69) is 16.0 Å². The minimum Gasteiger partial charge on any atom is -0.494 e. The molecule has 2 aromatic carbocycles. The molecule has 3 amide bonds. The summed E-state index contributed by atoms with van der Waals surface area (Å²) in [6.45, 7) is 5.10. The number of para-hydroxylation sites is 1. The predicted molar refractivity (Wildman–Crippen MR) is 111 cm³/mol. The first-order valence-corrected chi connectivity index (χ1v) is 9.87. The second-order valence-corrected chi connectivity index (χ2v) is 6.91. The van der Waals surface area contributed by atoms with Crippen LogP contribution in [0.3, 0.4) is 0 Å². The van der Waals surface area contributed by atoms with Crippen LogP contribution in [0.4, 0.5) is 10.5 Å². The van der Waals surface area contributed by atoms with Crippen molar-refractivity contribution in [1.29, 1.82) is 0 Å². The molecule has 1 aliphatic rings. The molecule has 7 nitrogen and oxygen atoms in total. The van der Waals surface area contributed by atoms with Crippen molar-refractivity contribution in [2.45, 2.75) is 39.3 Å². The summed E-state index contributed by atoms with van der Waals surface area (Å²) in [5.41, 5.74) is 2.71. The summed E-state index contributed by atoms with van der Waals surface area (Å²) in [7, 11) is 0. The fraction of sp³-hybridized carbons (Fsp3) is 0.364. The molecule has 154 valence electrons. The SMILES string of the molecule is CCOc1cc2c(cc1CNC(=O)CCNC(=O)Nc1ccccc1)O[C@@H](C)C2. The highest BCUT2D eigenvalue weighted by atomic mass is 16.5. The number of benzene rings is 2. The minimum absolute atomic E-state index is 0.150. The van der Waals surface area contributed by atoms with Gasteiger partial charge < -0.3 is 25.4 Å². The number of hydrogen-bond donors (Lipinski definition) is 3. The highest BCUT2D eigenvalue weighted by Crippen LogP contribution is 2.35. The van der Waals surface area contributed by atoms with Gasteiger partial charge in [0, 0.05) is 42.7 Å². The smallest absolute Gasteiger partial charge is 0.319 e. The van der Waals surface area contributed by atoms with Crippen molar-refractivity contribution in [3.8, 4) is 11.5 Å². The fourth-order valence-electron chi connectivity index (χ4n) is 3.18. The zero-order chi connectivity index (χ0) is 20.6. The van der Waals surface area contributed by atoms with Crippen LogP contribution in [-0.2, 0) is 17.8 Å². The Morgan fingerprint density at radius 1 is 1.17 bits per heavy atom. The molecule has 0 spiro atoms. The van der Waals surface area contributed by atoms with Crippen LogP contribution in [0.15, 0.2) is 42.5 Å². The first-order valence-electron chi connectivity index (χ1n) is 9.87. The van der Waals surface area contributed by atoms with Crippen molar-refractivity contribution < 1.29 is 19.1 Å². The number of carbonyl (C=O) groups is 2. The number of urea groups is 1. The van der Waals surface area contributed by atoms with Gasteiger partial charge in [-0.25, -0.2) is 4.79 Å². The lowest BCUT2D eigenvalue weighted by Gasteiger charge is -2.13. The van der Waals surface area contributed by atoms with E-state index < -0.39 is 0 Å². The van der Waals surface area contributed by atoms with Crippen molar-refractivity contribution in [1.82, 2.24) is 10.6 Å². The van der Waals surface area contributed by atoms with E-state index in [4.69, 9.17) is 9.47 Å². The molecule has 0 saturated heterocycles. The Morgan fingerprint density at radius 2 is 1.97 bits per heavy atom. The van der Waals surface area contributed by atoms with Gasteiger partial charge in [-0.05, 0) is 38.1 Å². The van der Waals surface area contributed by atoms with Crippen LogP contribution in [0, 0.1) is 0 Å². The number of hydrogen-bond acceptors (Lipinski definition) is 4. The second kappa shape index (κ2) is 9.82. The zero-order valence-corrected chi connectivity index (χ0v) is 16.8. The van der Waals surface area contributed by atoms with E-state index in [0.29, 0.717) is 18.8 Å². The van der Waals surface area contributed by atoms with Crippen molar-refractivity contribution in [2.75, 3.05) is 18.5 Å². The van der Waals surface area contributed by atoms with Crippen LogP contribution in [0.2, 0.25) is 0 Å². The number of rotatable bonds is 8. The Kier molecular flexibility index (Phi) is 6.94. The molecule has 29 heavy (non-hydrogen) atoms. The highest BCUT2D eigenvalue weighted by Gasteiger charge is 2.22. The van der Waals surface area contributed by atoms with Gasteiger partial charge in [-0.15, -0.1) is 0 Å². The normalized spacial score (nSPS) is 14.5. The Morgan fingerprint density at radius 3 is 2.72 bits per heavy atom. The molecule has 1 atom stereocenters. The van der Waals surface area contributed by atoms with E-state index in [1.807, 2.05) is 44.2 Å². The number of amides is 3. The Balaban J connectivity index is 1.45. The van der Waals surface area contributed by atoms with Gasteiger partial charge in [-0.2, -0.15) is 0 Å². The van der Waals surface area contributed by atoms with E-state index in [1.54, 1.807) is 12.1 Å². The van der Waals surface area contributed by atoms with Gasteiger partial charge >= 0.3 is 6.03 Å². The average Bonchev–Trinajstić information content (AvgIpc) is 3.06. The lowest BCUT2D eigenvalue weighted by Crippen LogP contribution is -2.33. The Labute approximate surface area is 170 Å². The van der Waals surface area contributed by atoms with Crippen LogP contribution < -0.4 is 25.4 Å². The summed E-state index contributed by atoms with van der Waals surface area (Å²) >= 11 is 0. The van der Waals surface area contributed by atoms with Gasteiger partial charge in [0.05, 0.1) is 6.61 Å². The van der Waals surface area contributed by atoms with Crippen LogP contribution >= 0.6 is 0 Å². The molecular formula is C22H27N3O4. The van der Waals surface area contributed by atoms with Crippen molar-refractivity contribution in [3.63, 3.8) is 0 Å². The van der Waals surface area contributed by atoms with Crippen LogP contribution in [-0.4, -0.2) is 31.2 Å². The van der Waals surface area contributed by atoms with E-state index in [1.165, 1.54) is 0 Å². The molecule has 1 aliphatic heterocycles. The first-order chi connectivity index (χ1) is 14.0. The molecule has 3 rings (SSSR count). The number of anilines is 1. The van der Waals surface area contributed by atoms with Gasteiger partial charge in [0.1, 0.15) is 17.6 Å². The summed E-state index contributed by atoms with van der Waals surface area (Å²) in [5.74, 6) is 1.47. The van der Waals surface area contributed by atoms with Crippen LogP contribution in [0.5, 0.6) is 11.5 Å². The summed E-state index contributed by atoms with van der Waals surface area (Å²) in [4.78, 5) is 24.0. The molecule has 7 heteroatoms. The summed E-state index contributed by atoms with van der Waals surface area (Å²) in [6, 6.07) is 12.7. The molecule has 3 N–H and O–H groups in total. The number of ether oxygens (including phenoxy) is 2. The van der Waals surface area contributed by atoms with Gasteiger partial charge in [-0.1, -0.05) is 18.2 Å². The molecule has 0 unspecified atom stereocenters. The molecular weight excluding hydrogens is 370 g/mol. The van der Waals surface area contributed by atoms with Crippen molar-refractivity contribution >= 4 is 17.6 Å². The first kappa shape index (κ1) is 20.5. The standard InChI is InChI=1S/C22H27N3O4/c1-3-28-19-12-16-11-15(2)29-20(16)13-17(19)14-24-21(26)9-10-23-22(27)25-18-7-5-4-6-8-18/h4-8,12-13,15H,3,9-11,14H2,1-2H3,(H,24,26)(H2,23,25,27)/t15-/m0/s1. The molecule has 0 saturated carbocycles. The van der Waals surface area contributed by atoms with Gasteiger partial charge in [0.15, 0.2) is 0 Å². The van der Waals surface area contributed by atoms with Gasteiger partial charge in [-0.3, -0.25) is 4.79 Å². The largest absolute Gasteiger partial charge is 0.494 e. The summed E-state index contributed by atoms with van der Waals surface area (Å²) in [5, 5.41) is 8.26. The van der Waals surface area contributed by atoms with Crippen LogP contribution in [0.25, 0.3) is 0 Å². The van der Waals surface area contributed by atoms with E-state index in [0.717, 1.165) is 29.0 Å². The van der Waals surface area contributed by atoms with Gasteiger partial charge in [0.2, 0.25) is 5.91 Å². The lowest BCUT2D eigenvalue weighted by molar-refractivity contribution is -0.121. The van der Waals surface area contributed by atoms with E-state index in [9.17, 15) is 9.59 Å². The molecule has 1 heterocycles. The topological polar surface area (TPSA) is 88.7 Å². The maximum absolute atomic E-state index is 12.2. The predicted octanol–water partition coefficient (Wildman–Crippen LogP) is 3.24. The molecule has 2 aromatic rings. The molecule has 0 aliphatic carbocycles. The minimum atomic E-state index is -0.340. The van der Waals surface area contributed by atoms with Crippen LogP contribution in [0.1, 0.15) is 31.4 Å². The highest BCUT2D eigenvalue weighted by molar-refractivity contribution is 5.89. The Hall–Kier alpha value is -3.22. The monoisotopic (exact) mass is 397 g/mol. The summed E-state index contributed by atoms with van der Waals surface area (Å²) < 4.78 is 11.5. The molecule has 0 radical (unpaired) electrons. The lowest BCUT2D eigenvalue weighted by atomic mass is 10.1. The molecule has 0 fully saturated rings. The third-order valence-corrected chi connectivity index (χ3v) is 4.52. The van der Waals surface area contributed by atoms with E-state index in [-0.39, 0.29) is 31.0 Å². The maximum atomic E-state index is 12.2. The van der Waals surface area contributed by atoms with E-state index >= 15 is 0 Å². The number of fused-ring (bicyclic) bond motifs is 1. The molecule has 0 bridgehead atoms. The van der Waals surface area contributed by atoms with Gasteiger partial charge in [0.25, 0.3) is 0 Å².